The van der Waals surface area contributed by atoms with Gasteiger partial charge in [0.05, 0.1) is 6.10 Å². The number of rotatable bonds is 7. The van der Waals surface area contributed by atoms with Crippen LogP contribution in [-0.2, 0) is 17.9 Å². The number of aliphatic hydroxyl groups is 1. The van der Waals surface area contributed by atoms with Gasteiger partial charge in [-0.3, -0.25) is 9.69 Å². The Morgan fingerprint density at radius 1 is 1.12 bits per heavy atom. The van der Waals surface area contributed by atoms with Crippen molar-refractivity contribution >= 4 is 11.6 Å². The highest BCUT2D eigenvalue weighted by atomic mass is 16.7. The fraction of sp³-hybridized carbons (Fsp3) is 0.350. The fourth-order valence-electron chi connectivity index (χ4n) is 3.01. The molecule has 6 nitrogen and oxygen atoms in total. The molecule has 2 aromatic rings. The number of hydrogen-bond donors (Lipinski definition) is 2. The van der Waals surface area contributed by atoms with Crippen molar-refractivity contribution in [3.05, 3.63) is 53.6 Å². The van der Waals surface area contributed by atoms with Crippen molar-refractivity contribution in [1.29, 1.82) is 0 Å². The van der Waals surface area contributed by atoms with Crippen LogP contribution in [0, 0.1) is 0 Å². The maximum Gasteiger partial charge on any atom is 0.231 e. The van der Waals surface area contributed by atoms with Crippen LogP contribution in [0.4, 0.5) is 5.69 Å². The van der Waals surface area contributed by atoms with E-state index in [0.29, 0.717) is 19.6 Å². The van der Waals surface area contributed by atoms with Crippen molar-refractivity contribution in [2.45, 2.75) is 33.0 Å². The Morgan fingerprint density at radius 2 is 1.77 bits per heavy atom. The normalized spacial score (nSPS) is 13.7. The number of carbonyl (C=O) groups is 1. The van der Waals surface area contributed by atoms with E-state index in [1.807, 2.05) is 42.5 Å². The second-order valence-corrected chi connectivity index (χ2v) is 6.58. The average Bonchev–Trinajstić information content (AvgIpc) is 3.03. The molecule has 138 valence electrons. The monoisotopic (exact) mass is 356 g/mol. The highest BCUT2D eigenvalue weighted by Crippen LogP contribution is 2.33. The first-order valence-corrected chi connectivity index (χ1v) is 8.65. The van der Waals surface area contributed by atoms with Crippen molar-refractivity contribution in [3.63, 3.8) is 0 Å². The summed E-state index contributed by atoms with van der Waals surface area (Å²) in [7, 11) is 0. The van der Waals surface area contributed by atoms with Crippen LogP contribution in [0.1, 0.15) is 25.0 Å². The van der Waals surface area contributed by atoms with Crippen molar-refractivity contribution in [2.24, 2.45) is 0 Å². The molecule has 26 heavy (non-hydrogen) atoms. The summed E-state index contributed by atoms with van der Waals surface area (Å²) in [6.07, 6.45) is -0.428. The topological polar surface area (TPSA) is 71.0 Å². The SMILES string of the molecule is CC(=O)Nc1ccc(CN(Cc2ccc3c(c2)OCO3)CC(C)O)cc1. The van der Waals surface area contributed by atoms with Crippen LogP contribution < -0.4 is 14.8 Å². The van der Waals surface area contributed by atoms with E-state index in [1.165, 1.54) is 6.92 Å². The van der Waals surface area contributed by atoms with Crippen molar-refractivity contribution < 1.29 is 19.4 Å². The predicted molar refractivity (Wildman–Crippen MR) is 99.1 cm³/mol. The molecule has 1 aliphatic heterocycles. The van der Waals surface area contributed by atoms with Crippen LogP contribution in [0.3, 0.4) is 0 Å². The van der Waals surface area contributed by atoms with Gasteiger partial charge in [0.25, 0.3) is 0 Å². The first-order chi connectivity index (χ1) is 12.5. The largest absolute Gasteiger partial charge is 0.454 e. The minimum Gasteiger partial charge on any atom is -0.454 e. The molecule has 1 aliphatic rings. The fourth-order valence-corrected chi connectivity index (χ4v) is 3.01. The van der Waals surface area contributed by atoms with E-state index in [0.717, 1.165) is 28.3 Å². The van der Waals surface area contributed by atoms with E-state index in [9.17, 15) is 9.90 Å². The number of anilines is 1. The van der Waals surface area contributed by atoms with Gasteiger partial charge in [0.1, 0.15) is 0 Å². The van der Waals surface area contributed by atoms with Gasteiger partial charge in [-0.15, -0.1) is 0 Å². The molecule has 0 aliphatic carbocycles. The highest BCUT2D eigenvalue weighted by molar-refractivity contribution is 5.88. The lowest BCUT2D eigenvalue weighted by atomic mass is 10.1. The molecule has 1 heterocycles. The minimum atomic E-state index is -0.428. The standard InChI is InChI=1S/C20H24N2O4/c1-14(23)10-22(11-16-3-6-18(7-4-16)21-15(2)24)12-17-5-8-19-20(9-17)26-13-25-19/h3-9,14,23H,10-13H2,1-2H3,(H,21,24). The van der Waals surface area contributed by atoms with E-state index in [2.05, 4.69) is 10.2 Å². The van der Waals surface area contributed by atoms with Crippen molar-refractivity contribution in [1.82, 2.24) is 4.90 Å². The molecule has 0 fully saturated rings. The summed E-state index contributed by atoms with van der Waals surface area (Å²) < 4.78 is 10.8. The summed E-state index contributed by atoms with van der Waals surface area (Å²) in [5.41, 5.74) is 2.99. The first-order valence-electron chi connectivity index (χ1n) is 8.65. The van der Waals surface area contributed by atoms with Crippen LogP contribution >= 0.6 is 0 Å². The van der Waals surface area contributed by atoms with Gasteiger partial charge in [0.2, 0.25) is 12.7 Å². The smallest absolute Gasteiger partial charge is 0.231 e. The molecule has 0 aromatic heterocycles. The Labute approximate surface area is 153 Å². The van der Waals surface area contributed by atoms with E-state index in [-0.39, 0.29) is 12.7 Å². The summed E-state index contributed by atoms with van der Waals surface area (Å²) in [6, 6.07) is 13.7. The third-order valence-corrected chi connectivity index (χ3v) is 4.05. The quantitative estimate of drug-likeness (QED) is 0.798. The van der Waals surface area contributed by atoms with Gasteiger partial charge < -0.3 is 19.9 Å². The molecule has 3 rings (SSSR count). The second kappa shape index (κ2) is 8.21. The van der Waals surface area contributed by atoms with Gasteiger partial charge in [-0.25, -0.2) is 0 Å². The molecule has 2 aromatic carbocycles. The number of carbonyl (C=O) groups excluding carboxylic acids is 1. The van der Waals surface area contributed by atoms with E-state index in [1.54, 1.807) is 6.92 Å². The molecule has 1 amide bonds. The number of hydrogen-bond acceptors (Lipinski definition) is 5. The lowest BCUT2D eigenvalue weighted by Crippen LogP contribution is -2.30. The van der Waals surface area contributed by atoms with Gasteiger partial charge in [0.15, 0.2) is 11.5 Å². The number of benzene rings is 2. The third kappa shape index (κ3) is 4.97. The van der Waals surface area contributed by atoms with Crippen molar-refractivity contribution in [2.75, 3.05) is 18.7 Å². The van der Waals surface area contributed by atoms with Crippen LogP contribution in [0.2, 0.25) is 0 Å². The number of nitrogens with zero attached hydrogens (tertiary/aromatic N) is 1. The molecule has 1 unspecified atom stereocenters. The molecule has 0 bridgehead atoms. The Hall–Kier alpha value is -2.57. The number of amides is 1. The Balaban J connectivity index is 1.68. The first kappa shape index (κ1) is 18.2. The molecular formula is C20H24N2O4. The maximum atomic E-state index is 11.1. The lowest BCUT2D eigenvalue weighted by Gasteiger charge is -2.24. The summed E-state index contributed by atoms with van der Waals surface area (Å²) in [4.78, 5) is 13.3. The number of ether oxygens (including phenoxy) is 2. The Bertz CT molecular complexity index is 759. The molecule has 0 radical (unpaired) electrons. The van der Waals surface area contributed by atoms with Crippen molar-refractivity contribution in [3.8, 4) is 11.5 Å². The molecule has 0 saturated heterocycles. The number of aliphatic hydroxyl groups excluding tert-OH is 1. The zero-order chi connectivity index (χ0) is 18.5. The van der Waals surface area contributed by atoms with Gasteiger partial charge in [-0.1, -0.05) is 18.2 Å². The molecule has 0 spiro atoms. The Kier molecular flexibility index (Phi) is 5.75. The van der Waals surface area contributed by atoms with Gasteiger partial charge >= 0.3 is 0 Å². The van der Waals surface area contributed by atoms with Crippen LogP contribution in [0.25, 0.3) is 0 Å². The zero-order valence-corrected chi connectivity index (χ0v) is 15.1. The second-order valence-electron chi connectivity index (χ2n) is 6.58. The van der Waals surface area contributed by atoms with E-state index >= 15 is 0 Å². The predicted octanol–water partition coefficient (Wildman–Crippen LogP) is 2.76. The molecule has 2 N–H and O–H groups in total. The average molecular weight is 356 g/mol. The zero-order valence-electron chi connectivity index (χ0n) is 15.1. The van der Waals surface area contributed by atoms with Crippen LogP contribution in [0.15, 0.2) is 42.5 Å². The summed E-state index contributed by atoms with van der Waals surface area (Å²) in [6.45, 7) is 5.48. The molecule has 0 saturated carbocycles. The minimum absolute atomic E-state index is 0.0868. The third-order valence-electron chi connectivity index (χ3n) is 4.05. The lowest BCUT2D eigenvalue weighted by molar-refractivity contribution is -0.114. The van der Waals surface area contributed by atoms with Crippen LogP contribution in [0.5, 0.6) is 11.5 Å². The van der Waals surface area contributed by atoms with Gasteiger partial charge in [-0.05, 0) is 42.3 Å². The van der Waals surface area contributed by atoms with E-state index in [4.69, 9.17) is 9.47 Å². The van der Waals surface area contributed by atoms with Crippen LogP contribution in [-0.4, -0.2) is 35.4 Å². The number of nitrogens with one attached hydrogen (secondary N) is 1. The summed E-state index contributed by atoms with van der Waals surface area (Å²) >= 11 is 0. The molecule has 1 atom stereocenters. The Morgan fingerprint density at radius 3 is 2.46 bits per heavy atom. The number of fused-ring (bicyclic) bond motifs is 1. The molecular weight excluding hydrogens is 332 g/mol. The van der Waals surface area contributed by atoms with E-state index < -0.39 is 6.10 Å². The summed E-state index contributed by atoms with van der Waals surface area (Å²) in [5.74, 6) is 1.44. The maximum absolute atomic E-state index is 11.1. The van der Waals surface area contributed by atoms with Gasteiger partial charge in [0, 0.05) is 32.2 Å². The van der Waals surface area contributed by atoms with Gasteiger partial charge in [-0.2, -0.15) is 0 Å². The highest BCUT2D eigenvalue weighted by Gasteiger charge is 2.16. The molecule has 6 heteroatoms. The summed E-state index contributed by atoms with van der Waals surface area (Å²) in [5, 5.41) is 12.6.